The normalized spacial score (nSPS) is 20.4. The lowest BCUT2D eigenvalue weighted by Gasteiger charge is -2.21. The lowest BCUT2D eigenvalue weighted by molar-refractivity contribution is 0.407. The molecule has 0 spiro atoms. The van der Waals surface area contributed by atoms with Crippen molar-refractivity contribution in [1.82, 2.24) is 10.3 Å². The molecule has 1 N–H and O–H groups in total. The Morgan fingerprint density at radius 3 is 2.82 bits per heavy atom. The Morgan fingerprint density at radius 2 is 2.06 bits per heavy atom. The molecule has 0 saturated carbocycles. The van der Waals surface area contributed by atoms with E-state index in [0.29, 0.717) is 6.04 Å². The third-order valence-corrected chi connectivity index (χ3v) is 4.12. The molecule has 17 heavy (non-hydrogen) atoms. The second-order valence-electron chi connectivity index (χ2n) is 4.45. The van der Waals surface area contributed by atoms with Crippen molar-refractivity contribution in [2.24, 2.45) is 0 Å². The van der Waals surface area contributed by atoms with Crippen LogP contribution in [-0.4, -0.2) is 11.5 Å². The van der Waals surface area contributed by atoms with Gasteiger partial charge in [0.25, 0.3) is 0 Å². The minimum absolute atomic E-state index is 0.470. The highest BCUT2D eigenvalue weighted by Gasteiger charge is 2.17. The Hall–Kier alpha value is -1.19. The molecule has 3 rings (SSSR count). The molecule has 0 radical (unpaired) electrons. The van der Waals surface area contributed by atoms with E-state index >= 15 is 0 Å². The summed E-state index contributed by atoms with van der Waals surface area (Å²) < 4.78 is 0. The highest BCUT2D eigenvalue weighted by Crippen LogP contribution is 2.29. The summed E-state index contributed by atoms with van der Waals surface area (Å²) in [4.78, 5) is 4.76. The van der Waals surface area contributed by atoms with Crippen molar-refractivity contribution < 1.29 is 0 Å². The molecule has 0 aliphatic carbocycles. The van der Waals surface area contributed by atoms with Crippen LogP contribution in [0.1, 0.15) is 31.0 Å². The van der Waals surface area contributed by atoms with E-state index in [2.05, 4.69) is 35.0 Å². The molecule has 3 heteroatoms. The van der Waals surface area contributed by atoms with Crippen molar-refractivity contribution in [3.63, 3.8) is 0 Å². The van der Waals surface area contributed by atoms with E-state index in [9.17, 15) is 0 Å². The molecule has 1 fully saturated rings. The number of thiazole rings is 1. The summed E-state index contributed by atoms with van der Waals surface area (Å²) in [5.41, 5.74) is 2.44. The van der Waals surface area contributed by atoms with Crippen molar-refractivity contribution in [2.75, 3.05) is 6.54 Å². The van der Waals surface area contributed by atoms with Crippen molar-refractivity contribution in [1.29, 1.82) is 0 Å². The van der Waals surface area contributed by atoms with Crippen LogP contribution in [0.4, 0.5) is 0 Å². The number of nitrogens with zero attached hydrogens (tertiary/aromatic N) is 1. The maximum Gasteiger partial charge on any atom is 0.123 e. The number of piperidine rings is 1. The van der Waals surface area contributed by atoms with Crippen LogP contribution < -0.4 is 5.32 Å². The molecule has 2 heterocycles. The zero-order chi connectivity index (χ0) is 11.5. The third kappa shape index (κ3) is 2.40. The molecule has 1 aromatic heterocycles. The van der Waals surface area contributed by atoms with Gasteiger partial charge in [0.2, 0.25) is 0 Å². The van der Waals surface area contributed by atoms with E-state index in [1.807, 2.05) is 6.07 Å². The van der Waals surface area contributed by atoms with E-state index in [4.69, 9.17) is 4.98 Å². The molecule has 2 nitrogen and oxygen atoms in total. The van der Waals surface area contributed by atoms with Gasteiger partial charge >= 0.3 is 0 Å². The largest absolute Gasteiger partial charge is 0.309 e. The van der Waals surface area contributed by atoms with E-state index in [1.165, 1.54) is 30.5 Å². The summed E-state index contributed by atoms with van der Waals surface area (Å²) in [5.74, 6) is 0. The number of nitrogens with one attached hydrogen (secondary N) is 1. The topological polar surface area (TPSA) is 24.9 Å². The monoisotopic (exact) mass is 244 g/mol. The molecule has 1 saturated heterocycles. The first-order valence-electron chi connectivity index (χ1n) is 6.18. The fourth-order valence-corrected chi connectivity index (χ4v) is 3.14. The van der Waals surface area contributed by atoms with Crippen LogP contribution in [0.5, 0.6) is 0 Å². The van der Waals surface area contributed by atoms with Crippen LogP contribution in [0.15, 0.2) is 35.7 Å². The lowest BCUT2D eigenvalue weighted by atomic mass is 10.0. The number of benzene rings is 1. The summed E-state index contributed by atoms with van der Waals surface area (Å²) in [5, 5.41) is 6.88. The molecule has 1 aliphatic heterocycles. The number of aromatic nitrogens is 1. The molecule has 1 aliphatic rings. The van der Waals surface area contributed by atoms with Gasteiger partial charge in [-0.25, -0.2) is 4.98 Å². The van der Waals surface area contributed by atoms with Crippen molar-refractivity contribution in [3.8, 4) is 10.6 Å². The van der Waals surface area contributed by atoms with Gasteiger partial charge in [-0.15, -0.1) is 11.3 Å². The highest BCUT2D eigenvalue weighted by atomic mass is 32.1. The molecule has 0 bridgehead atoms. The van der Waals surface area contributed by atoms with Crippen LogP contribution in [-0.2, 0) is 0 Å². The van der Waals surface area contributed by atoms with Gasteiger partial charge in [-0.05, 0) is 19.4 Å². The van der Waals surface area contributed by atoms with Crippen molar-refractivity contribution in [2.45, 2.75) is 25.3 Å². The predicted octanol–water partition coefficient (Wildman–Crippen LogP) is 3.62. The van der Waals surface area contributed by atoms with Gasteiger partial charge in [-0.1, -0.05) is 36.8 Å². The molecular weight excluding hydrogens is 228 g/mol. The molecule has 88 valence electrons. The smallest absolute Gasteiger partial charge is 0.123 e. The fraction of sp³-hybridized carbons (Fsp3) is 0.357. The summed E-state index contributed by atoms with van der Waals surface area (Å²) in [6.07, 6.45) is 3.83. The van der Waals surface area contributed by atoms with Crippen LogP contribution >= 0.6 is 11.3 Å². The maximum atomic E-state index is 4.76. The minimum atomic E-state index is 0.470. The highest BCUT2D eigenvalue weighted by molar-refractivity contribution is 7.13. The van der Waals surface area contributed by atoms with Gasteiger partial charge in [-0.2, -0.15) is 0 Å². The zero-order valence-electron chi connectivity index (χ0n) is 9.73. The van der Waals surface area contributed by atoms with Crippen LogP contribution in [0, 0.1) is 0 Å². The Labute approximate surface area is 106 Å². The fourth-order valence-electron chi connectivity index (χ4n) is 2.26. The quantitative estimate of drug-likeness (QED) is 0.872. The SMILES string of the molecule is c1ccc(-c2nc(C3CCCCN3)cs2)cc1. The van der Waals surface area contributed by atoms with E-state index in [-0.39, 0.29) is 0 Å². The summed E-state index contributed by atoms with van der Waals surface area (Å²) in [6, 6.07) is 10.9. The molecule has 1 aromatic carbocycles. The number of hydrogen-bond acceptors (Lipinski definition) is 3. The third-order valence-electron chi connectivity index (χ3n) is 3.21. The molecule has 1 atom stereocenters. The molecular formula is C14H16N2S. The Morgan fingerprint density at radius 1 is 1.18 bits per heavy atom. The average Bonchev–Trinajstić information content (AvgIpc) is 2.90. The van der Waals surface area contributed by atoms with Gasteiger partial charge < -0.3 is 5.32 Å². The Bertz CT molecular complexity index is 472. The number of hydrogen-bond donors (Lipinski definition) is 1. The molecule has 2 aromatic rings. The Kier molecular flexibility index (Phi) is 3.20. The first-order chi connectivity index (χ1) is 8.43. The zero-order valence-corrected chi connectivity index (χ0v) is 10.5. The second kappa shape index (κ2) is 4.98. The predicted molar refractivity (Wildman–Crippen MR) is 72.1 cm³/mol. The van der Waals surface area contributed by atoms with Gasteiger partial charge in [0.15, 0.2) is 0 Å². The van der Waals surface area contributed by atoms with Crippen LogP contribution in [0.2, 0.25) is 0 Å². The first kappa shape index (κ1) is 10.9. The van der Waals surface area contributed by atoms with E-state index in [1.54, 1.807) is 11.3 Å². The minimum Gasteiger partial charge on any atom is -0.309 e. The summed E-state index contributed by atoms with van der Waals surface area (Å²) >= 11 is 1.75. The number of rotatable bonds is 2. The summed E-state index contributed by atoms with van der Waals surface area (Å²) in [6.45, 7) is 1.13. The van der Waals surface area contributed by atoms with Crippen molar-refractivity contribution in [3.05, 3.63) is 41.4 Å². The standard InChI is InChI=1S/C14H16N2S/c1-2-6-11(7-3-1)14-16-13(10-17-14)12-8-4-5-9-15-12/h1-3,6-7,10,12,15H,4-5,8-9H2. The summed E-state index contributed by atoms with van der Waals surface area (Å²) in [7, 11) is 0. The molecule has 1 unspecified atom stereocenters. The molecule has 0 amide bonds. The maximum absolute atomic E-state index is 4.76. The van der Waals surface area contributed by atoms with Crippen molar-refractivity contribution >= 4 is 11.3 Å². The average molecular weight is 244 g/mol. The Balaban J connectivity index is 1.83. The lowest BCUT2D eigenvalue weighted by Crippen LogP contribution is -2.26. The first-order valence-corrected chi connectivity index (χ1v) is 7.06. The second-order valence-corrected chi connectivity index (χ2v) is 5.30. The van der Waals surface area contributed by atoms with Gasteiger partial charge in [0.1, 0.15) is 5.01 Å². The van der Waals surface area contributed by atoms with E-state index < -0.39 is 0 Å². The van der Waals surface area contributed by atoms with Crippen LogP contribution in [0.25, 0.3) is 10.6 Å². The van der Waals surface area contributed by atoms with Gasteiger partial charge in [0.05, 0.1) is 11.7 Å². The van der Waals surface area contributed by atoms with Gasteiger partial charge in [0, 0.05) is 10.9 Å². The van der Waals surface area contributed by atoms with Gasteiger partial charge in [-0.3, -0.25) is 0 Å². The van der Waals surface area contributed by atoms with E-state index in [0.717, 1.165) is 11.6 Å². The van der Waals surface area contributed by atoms with Crippen LogP contribution in [0.3, 0.4) is 0 Å².